The maximum absolute atomic E-state index is 5.77. The van der Waals surface area contributed by atoms with Crippen molar-refractivity contribution in [1.29, 1.82) is 0 Å². The summed E-state index contributed by atoms with van der Waals surface area (Å²) >= 11 is 0. The minimum Gasteiger partial charge on any atom is -0.399 e. The Morgan fingerprint density at radius 1 is 1.29 bits per heavy atom. The molecule has 1 heterocycles. The maximum Gasteiger partial charge on any atom is 0.129 e. The van der Waals surface area contributed by atoms with Gasteiger partial charge in [0.25, 0.3) is 0 Å². The summed E-state index contributed by atoms with van der Waals surface area (Å²) in [6.07, 6.45) is 2.60. The lowest BCUT2D eigenvalue weighted by Gasteiger charge is -2.21. The first-order chi connectivity index (χ1) is 8.28. The van der Waals surface area contributed by atoms with Crippen molar-refractivity contribution in [2.75, 3.05) is 17.2 Å². The lowest BCUT2D eigenvalue weighted by atomic mass is 10.2. The van der Waals surface area contributed by atoms with Crippen LogP contribution >= 0.6 is 0 Å². The van der Waals surface area contributed by atoms with E-state index in [9.17, 15) is 0 Å². The van der Waals surface area contributed by atoms with E-state index in [2.05, 4.69) is 24.0 Å². The largest absolute Gasteiger partial charge is 0.399 e. The molecule has 1 aromatic heterocycles. The number of pyridine rings is 1. The molecule has 1 aromatic carbocycles. The van der Waals surface area contributed by atoms with E-state index >= 15 is 0 Å². The van der Waals surface area contributed by atoms with Crippen LogP contribution in [-0.4, -0.2) is 17.6 Å². The molecule has 2 N–H and O–H groups in total. The van der Waals surface area contributed by atoms with Gasteiger partial charge in [0.05, 0.1) is 5.52 Å². The van der Waals surface area contributed by atoms with Gasteiger partial charge in [0.15, 0.2) is 0 Å². The smallest absolute Gasteiger partial charge is 0.129 e. The van der Waals surface area contributed by atoms with Gasteiger partial charge in [-0.2, -0.15) is 0 Å². The third-order valence-corrected chi connectivity index (χ3v) is 3.32. The van der Waals surface area contributed by atoms with Gasteiger partial charge in [-0.1, -0.05) is 0 Å². The number of aromatic nitrogens is 1. The van der Waals surface area contributed by atoms with Gasteiger partial charge >= 0.3 is 0 Å². The highest BCUT2D eigenvalue weighted by atomic mass is 15.2. The fraction of sp³-hybridized carbons (Fsp3) is 0.357. The average molecular weight is 227 g/mol. The number of anilines is 2. The molecule has 0 amide bonds. The molecular formula is C14H17N3. The van der Waals surface area contributed by atoms with Crippen molar-refractivity contribution in [1.82, 2.24) is 4.98 Å². The van der Waals surface area contributed by atoms with Crippen LogP contribution in [0, 0.1) is 0 Å². The van der Waals surface area contributed by atoms with E-state index in [-0.39, 0.29) is 0 Å². The van der Waals surface area contributed by atoms with E-state index in [1.807, 2.05) is 18.2 Å². The summed E-state index contributed by atoms with van der Waals surface area (Å²) in [5, 5.41) is 1.11. The van der Waals surface area contributed by atoms with E-state index in [0.717, 1.165) is 29.0 Å². The zero-order valence-corrected chi connectivity index (χ0v) is 10.1. The second-order valence-electron chi connectivity index (χ2n) is 4.64. The van der Waals surface area contributed by atoms with Crippen molar-refractivity contribution < 1.29 is 0 Å². The molecule has 88 valence electrons. The Hall–Kier alpha value is -1.77. The molecule has 0 saturated heterocycles. The summed E-state index contributed by atoms with van der Waals surface area (Å²) in [4.78, 5) is 7.10. The Bertz CT molecular complexity index is 546. The van der Waals surface area contributed by atoms with Crippen molar-refractivity contribution in [2.24, 2.45) is 0 Å². The fourth-order valence-corrected chi connectivity index (χ4v) is 2.29. The number of rotatable bonds is 3. The lowest BCUT2D eigenvalue weighted by Crippen LogP contribution is -2.25. The number of nitrogens with two attached hydrogens (primary N) is 1. The second kappa shape index (κ2) is 3.91. The summed E-state index contributed by atoms with van der Waals surface area (Å²) in [6.45, 7) is 3.21. The van der Waals surface area contributed by atoms with Crippen LogP contribution in [0.2, 0.25) is 0 Å². The quantitative estimate of drug-likeness (QED) is 0.820. The van der Waals surface area contributed by atoms with Crippen molar-refractivity contribution in [3.63, 3.8) is 0 Å². The van der Waals surface area contributed by atoms with Gasteiger partial charge in [0.2, 0.25) is 0 Å². The normalized spacial score (nSPS) is 15.1. The van der Waals surface area contributed by atoms with Gasteiger partial charge in [-0.25, -0.2) is 4.98 Å². The lowest BCUT2D eigenvalue weighted by molar-refractivity contribution is 0.811. The van der Waals surface area contributed by atoms with Gasteiger partial charge in [-0.3, -0.25) is 0 Å². The fourth-order valence-electron chi connectivity index (χ4n) is 2.29. The summed E-state index contributed by atoms with van der Waals surface area (Å²) in [6, 6.07) is 10.8. The predicted octanol–water partition coefficient (Wildman–Crippen LogP) is 2.81. The molecule has 1 saturated carbocycles. The molecule has 0 unspecified atom stereocenters. The molecule has 1 fully saturated rings. The van der Waals surface area contributed by atoms with E-state index in [0.29, 0.717) is 6.04 Å². The molecule has 0 bridgehead atoms. The number of nitrogens with zero attached hydrogens (tertiary/aromatic N) is 2. The highest BCUT2D eigenvalue weighted by molar-refractivity contribution is 5.83. The van der Waals surface area contributed by atoms with Crippen molar-refractivity contribution in [3.05, 3.63) is 30.3 Å². The van der Waals surface area contributed by atoms with E-state index < -0.39 is 0 Å². The molecule has 0 spiro atoms. The van der Waals surface area contributed by atoms with Crippen LogP contribution in [0.15, 0.2) is 30.3 Å². The highest BCUT2D eigenvalue weighted by Crippen LogP contribution is 2.31. The third-order valence-electron chi connectivity index (χ3n) is 3.32. The molecule has 0 atom stereocenters. The Labute approximate surface area is 101 Å². The summed E-state index contributed by atoms with van der Waals surface area (Å²) in [7, 11) is 0. The average Bonchev–Trinajstić information content (AvgIpc) is 3.15. The van der Waals surface area contributed by atoms with Crippen LogP contribution in [0.25, 0.3) is 10.9 Å². The topological polar surface area (TPSA) is 42.1 Å². The van der Waals surface area contributed by atoms with Crippen molar-refractivity contribution in [3.8, 4) is 0 Å². The molecule has 2 aromatic rings. The third kappa shape index (κ3) is 1.93. The molecule has 3 nitrogen and oxygen atoms in total. The number of benzene rings is 1. The van der Waals surface area contributed by atoms with Gasteiger partial charge in [0.1, 0.15) is 5.82 Å². The van der Waals surface area contributed by atoms with E-state index in [4.69, 9.17) is 10.7 Å². The molecule has 3 rings (SSSR count). The summed E-state index contributed by atoms with van der Waals surface area (Å²) in [5.74, 6) is 1.09. The van der Waals surface area contributed by atoms with Crippen LogP contribution in [0.1, 0.15) is 19.8 Å². The van der Waals surface area contributed by atoms with Gasteiger partial charge < -0.3 is 10.6 Å². The van der Waals surface area contributed by atoms with Gasteiger partial charge in [-0.15, -0.1) is 0 Å². The van der Waals surface area contributed by atoms with E-state index in [1.54, 1.807) is 0 Å². The number of hydrogen-bond acceptors (Lipinski definition) is 3. The standard InChI is InChI=1S/C14H17N3/c1-2-17(12-5-6-12)14-8-3-10-9-11(15)4-7-13(10)16-14/h3-4,7-9,12H,2,5-6,15H2,1H3. The van der Waals surface area contributed by atoms with Crippen molar-refractivity contribution in [2.45, 2.75) is 25.8 Å². The van der Waals surface area contributed by atoms with Crippen LogP contribution in [0.3, 0.4) is 0 Å². The zero-order chi connectivity index (χ0) is 11.8. The van der Waals surface area contributed by atoms with E-state index in [1.165, 1.54) is 12.8 Å². The Morgan fingerprint density at radius 2 is 2.12 bits per heavy atom. The van der Waals surface area contributed by atoms with Gasteiger partial charge in [0, 0.05) is 23.7 Å². The molecular weight excluding hydrogens is 210 g/mol. The first-order valence-corrected chi connectivity index (χ1v) is 6.21. The molecule has 0 aliphatic heterocycles. The molecule has 3 heteroatoms. The zero-order valence-electron chi connectivity index (χ0n) is 10.1. The number of hydrogen-bond donors (Lipinski definition) is 1. The monoisotopic (exact) mass is 227 g/mol. The Balaban J connectivity index is 2.03. The summed E-state index contributed by atoms with van der Waals surface area (Å²) < 4.78 is 0. The second-order valence-corrected chi connectivity index (χ2v) is 4.64. The minimum atomic E-state index is 0.707. The summed E-state index contributed by atoms with van der Waals surface area (Å²) in [5.41, 5.74) is 7.58. The first-order valence-electron chi connectivity index (χ1n) is 6.21. The number of fused-ring (bicyclic) bond motifs is 1. The van der Waals surface area contributed by atoms with Crippen LogP contribution in [-0.2, 0) is 0 Å². The minimum absolute atomic E-state index is 0.707. The van der Waals surface area contributed by atoms with Crippen molar-refractivity contribution >= 4 is 22.4 Å². The highest BCUT2D eigenvalue weighted by Gasteiger charge is 2.28. The van der Waals surface area contributed by atoms with Crippen LogP contribution < -0.4 is 10.6 Å². The maximum atomic E-state index is 5.77. The molecule has 1 aliphatic rings. The number of nitrogen functional groups attached to an aromatic ring is 1. The molecule has 0 radical (unpaired) electrons. The first kappa shape index (κ1) is 10.4. The Morgan fingerprint density at radius 3 is 2.82 bits per heavy atom. The Kier molecular flexibility index (Phi) is 2.39. The van der Waals surface area contributed by atoms with Gasteiger partial charge in [-0.05, 0) is 50.1 Å². The SMILES string of the molecule is CCN(c1ccc2cc(N)ccc2n1)C1CC1. The van der Waals surface area contributed by atoms with Crippen LogP contribution in [0.4, 0.5) is 11.5 Å². The predicted molar refractivity (Wildman–Crippen MR) is 72.2 cm³/mol. The van der Waals surface area contributed by atoms with Crippen LogP contribution in [0.5, 0.6) is 0 Å². The molecule has 1 aliphatic carbocycles. The molecule has 17 heavy (non-hydrogen) atoms.